The Morgan fingerprint density at radius 1 is 1.00 bits per heavy atom. The lowest BCUT2D eigenvalue weighted by atomic mass is 10.1. The predicted octanol–water partition coefficient (Wildman–Crippen LogP) is 3.95. The molecular weight excluding hydrogens is 258 g/mol. The molecule has 3 rings (SSSR count). The Balaban J connectivity index is 2.41. The van der Waals surface area contributed by atoms with Crippen LogP contribution in [0.15, 0.2) is 59.4 Å². The molecule has 0 atom stereocenters. The van der Waals surface area contributed by atoms with Gasteiger partial charge in [0.15, 0.2) is 0 Å². The summed E-state index contributed by atoms with van der Waals surface area (Å²) in [6.07, 6.45) is 0. The van der Waals surface area contributed by atoms with Gasteiger partial charge in [0, 0.05) is 22.2 Å². The highest BCUT2D eigenvalue weighted by atomic mass is 35.5. The molecule has 0 N–H and O–H groups in total. The van der Waals surface area contributed by atoms with Gasteiger partial charge in [0.25, 0.3) is 5.56 Å². The van der Waals surface area contributed by atoms with Gasteiger partial charge in [-0.05, 0) is 42.8 Å². The SMILES string of the molecule is Cc1cc(=O)n(-c2ccc(Cl)cc2)c2ccccc12. The minimum atomic E-state index is -0.0291. The number of nitrogens with zero attached hydrogens (tertiary/aromatic N) is 1. The normalized spacial score (nSPS) is 10.8. The molecule has 0 radical (unpaired) electrons. The smallest absolute Gasteiger partial charge is 0.255 e. The molecule has 0 bridgehead atoms. The van der Waals surface area contributed by atoms with Crippen LogP contribution in [0, 0.1) is 6.92 Å². The minimum Gasteiger partial charge on any atom is -0.277 e. The molecule has 3 aromatic rings. The summed E-state index contributed by atoms with van der Waals surface area (Å²) in [6, 6.07) is 16.8. The van der Waals surface area contributed by atoms with Crippen LogP contribution in [0.25, 0.3) is 16.6 Å². The van der Waals surface area contributed by atoms with E-state index < -0.39 is 0 Å². The molecule has 0 aliphatic heterocycles. The fourth-order valence-electron chi connectivity index (χ4n) is 2.30. The van der Waals surface area contributed by atoms with E-state index in [9.17, 15) is 4.79 Å². The maximum atomic E-state index is 12.3. The van der Waals surface area contributed by atoms with E-state index in [1.165, 1.54) is 0 Å². The van der Waals surface area contributed by atoms with Gasteiger partial charge < -0.3 is 0 Å². The van der Waals surface area contributed by atoms with Crippen LogP contribution in [-0.2, 0) is 0 Å². The first-order valence-corrected chi connectivity index (χ1v) is 6.42. The van der Waals surface area contributed by atoms with Crippen molar-refractivity contribution in [2.75, 3.05) is 0 Å². The Morgan fingerprint density at radius 3 is 2.42 bits per heavy atom. The Morgan fingerprint density at radius 2 is 1.68 bits per heavy atom. The maximum Gasteiger partial charge on any atom is 0.255 e. The Bertz CT molecular complexity index is 803. The van der Waals surface area contributed by atoms with Crippen molar-refractivity contribution >= 4 is 22.5 Å². The van der Waals surface area contributed by atoms with Gasteiger partial charge in [0.05, 0.1) is 5.52 Å². The summed E-state index contributed by atoms with van der Waals surface area (Å²) in [6.45, 7) is 1.95. The predicted molar refractivity (Wildman–Crippen MR) is 79.3 cm³/mol. The van der Waals surface area contributed by atoms with Crippen molar-refractivity contribution in [3.05, 3.63) is 75.5 Å². The fraction of sp³-hybridized carbons (Fsp3) is 0.0625. The second kappa shape index (κ2) is 4.56. The van der Waals surface area contributed by atoms with Crippen molar-refractivity contribution in [2.45, 2.75) is 6.92 Å². The quantitative estimate of drug-likeness (QED) is 0.656. The third kappa shape index (κ3) is 2.04. The molecule has 0 aliphatic carbocycles. The second-order valence-corrected chi connectivity index (χ2v) is 4.93. The van der Waals surface area contributed by atoms with Crippen LogP contribution in [0.1, 0.15) is 5.56 Å². The van der Waals surface area contributed by atoms with E-state index in [4.69, 9.17) is 11.6 Å². The molecule has 0 fully saturated rings. The third-order valence-corrected chi connectivity index (χ3v) is 3.47. The number of hydrogen-bond acceptors (Lipinski definition) is 1. The van der Waals surface area contributed by atoms with Crippen molar-refractivity contribution in [1.82, 2.24) is 4.57 Å². The zero-order valence-electron chi connectivity index (χ0n) is 10.4. The first-order valence-electron chi connectivity index (χ1n) is 6.04. The lowest BCUT2D eigenvalue weighted by Crippen LogP contribution is -2.18. The molecule has 0 spiro atoms. The van der Waals surface area contributed by atoms with Crippen molar-refractivity contribution in [1.29, 1.82) is 0 Å². The van der Waals surface area contributed by atoms with Crippen LogP contribution in [0.2, 0.25) is 5.02 Å². The number of aromatic nitrogens is 1. The average molecular weight is 270 g/mol. The van der Waals surface area contributed by atoms with E-state index >= 15 is 0 Å². The van der Waals surface area contributed by atoms with E-state index in [-0.39, 0.29) is 5.56 Å². The molecular formula is C16H12ClNO. The number of para-hydroxylation sites is 1. The van der Waals surface area contributed by atoms with E-state index in [0.29, 0.717) is 5.02 Å². The molecule has 1 heterocycles. The first kappa shape index (κ1) is 12.0. The van der Waals surface area contributed by atoms with E-state index in [1.807, 2.05) is 43.3 Å². The summed E-state index contributed by atoms with van der Waals surface area (Å²) in [4.78, 5) is 12.3. The van der Waals surface area contributed by atoms with Gasteiger partial charge in [0.2, 0.25) is 0 Å². The topological polar surface area (TPSA) is 22.0 Å². The van der Waals surface area contributed by atoms with E-state index in [0.717, 1.165) is 22.2 Å². The molecule has 94 valence electrons. The molecule has 0 saturated heterocycles. The van der Waals surface area contributed by atoms with Crippen LogP contribution < -0.4 is 5.56 Å². The van der Waals surface area contributed by atoms with Crippen LogP contribution >= 0.6 is 11.6 Å². The number of pyridine rings is 1. The molecule has 2 aromatic carbocycles. The lowest BCUT2D eigenvalue weighted by molar-refractivity contribution is 1.04. The van der Waals surface area contributed by atoms with Gasteiger partial charge in [-0.25, -0.2) is 0 Å². The van der Waals surface area contributed by atoms with E-state index in [1.54, 1.807) is 22.8 Å². The summed E-state index contributed by atoms with van der Waals surface area (Å²) < 4.78 is 1.71. The van der Waals surface area contributed by atoms with Crippen molar-refractivity contribution in [2.24, 2.45) is 0 Å². The third-order valence-electron chi connectivity index (χ3n) is 3.21. The van der Waals surface area contributed by atoms with Gasteiger partial charge in [-0.3, -0.25) is 9.36 Å². The molecule has 2 nitrogen and oxygen atoms in total. The Hall–Kier alpha value is -2.06. The largest absolute Gasteiger partial charge is 0.277 e. The molecule has 0 amide bonds. The maximum absolute atomic E-state index is 12.3. The van der Waals surface area contributed by atoms with Crippen molar-refractivity contribution < 1.29 is 0 Å². The van der Waals surface area contributed by atoms with Gasteiger partial charge in [-0.15, -0.1) is 0 Å². The number of aryl methyl sites for hydroxylation is 1. The summed E-state index contributed by atoms with van der Waals surface area (Å²) in [7, 11) is 0. The Labute approximate surface area is 115 Å². The van der Waals surface area contributed by atoms with Crippen LogP contribution in [0.3, 0.4) is 0 Å². The minimum absolute atomic E-state index is 0.0291. The lowest BCUT2D eigenvalue weighted by Gasteiger charge is -2.11. The highest BCUT2D eigenvalue weighted by Gasteiger charge is 2.07. The van der Waals surface area contributed by atoms with Crippen molar-refractivity contribution in [3.8, 4) is 5.69 Å². The highest BCUT2D eigenvalue weighted by molar-refractivity contribution is 6.30. The fourth-order valence-corrected chi connectivity index (χ4v) is 2.43. The van der Waals surface area contributed by atoms with Gasteiger partial charge in [0.1, 0.15) is 0 Å². The monoisotopic (exact) mass is 269 g/mol. The van der Waals surface area contributed by atoms with Gasteiger partial charge in [-0.2, -0.15) is 0 Å². The van der Waals surface area contributed by atoms with Gasteiger partial charge in [-0.1, -0.05) is 29.8 Å². The molecule has 19 heavy (non-hydrogen) atoms. The molecule has 1 aromatic heterocycles. The number of halogens is 1. The van der Waals surface area contributed by atoms with Crippen molar-refractivity contribution in [3.63, 3.8) is 0 Å². The molecule has 0 saturated carbocycles. The first-order chi connectivity index (χ1) is 9.16. The Kier molecular flexibility index (Phi) is 2.88. The number of rotatable bonds is 1. The zero-order chi connectivity index (χ0) is 13.4. The van der Waals surface area contributed by atoms with Crippen LogP contribution in [0.4, 0.5) is 0 Å². The number of benzene rings is 2. The summed E-state index contributed by atoms with van der Waals surface area (Å²) in [5, 5.41) is 1.74. The van der Waals surface area contributed by atoms with E-state index in [2.05, 4.69) is 0 Å². The summed E-state index contributed by atoms with van der Waals surface area (Å²) in [5.41, 5.74) is 2.70. The number of fused-ring (bicyclic) bond motifs is 1. The molecule has 3 heteroatoms. The standard InChI is InChI=1S/C16H12ClNO/c1-11-10-16(19)18(13-8-6-12(17)7-9-13)15-5-3-2-4-14(11)15/h2-10H,1H3. The molecule has 0 unspecified atom stereocenters. The highest BCUT2D eigenvalue weighted by Crippen LogP contribution is 2.20. The average Bonchev–Trinajstić information content (AvgIpc) is 2.41. The summed E-state index contributed by atoms with van der Waals surface area (Å²) in [5.74, 6) is 0. The van der Waals surface area contributed by atoms with Crippen LogP contribution in [-0.4, -0.2) is 4.57 Å². The summed E-state index contributed by atoms with van der Waals surface area (Å²) >= 11 is 5.89. The zero-order valence-corrected chi connectivity index (χ0v) is 11.2. The second-order valence-electron chi connectivity index (χ2n) is 4.49. The number of hydrogen-bond donors (Lipinski definition) is 0. The van der Waals surface area contributed by atoms with Gasteiger partial charge >= 0.3 is 0 Å². The molecule has 0 aliphatic rings. The van der Waals surface area contributed by atoms with Crippen LogP contribution in [0.5, 0.6) is 0 Å².